The van der Waals surface area contributed by atoms with Gasteiger partial charge in [0, 0.05) is 45.1 Å². The predicted octanol–water partition coefficient (Wildman–Crippen LogP) is 2.98. The van der Waals surface area contributed by atoms with Crippen molar-refractivity contribution in [3.05, 3.63) is 71.1 Å². The molecule has 1 fully saturated rings. The van der Waals surface area contributed by atoms with Gasteiger partial charge in [0.2, 0.25) is 11.7 Å². The third kappa shape index (κ3) is 5.62. The number of pyridine rings is 1. The van der Waals surface area contributed by atoms with E-state index in [1.54, 1.807) is 0 Å². The van der Waals surface area contributed by atoms with Crippen molar-refractivity contribution < 1.29 is 9.26 Å². The first-order valence-electron chi connectivity index (χ1n) is 10.0. The molecule has 0 radical (unpaired) electrons. The lowest BCUT2D eigenvalue weighted by molar-refractivity contribution is 0.112. The number of rotatable bonds is 7. The molecule has 0 unspecified atom stereocenters. The van der Waals surface area contributed by atoms with E-state index in [9.17, 15) is 0 Å². The van der Waals surface area contributed by atoms with E-state index in [2.05, 4.69) is 57.0 Å². The molecule has 0 amide bonds. The molecule has 0 aliphatic carbocycles. The molecular weight excluding hydrogens is 366 g/mol. The third-order valence-corrected chi connectivity index (χ3v) is 5.05. The van der Waals surface area contributed by atoms with Crippen molar-refractivity contribution in [2.45, 2.75) is 33.5 Å². The van der Waals surface area contributed by atoms with Crippen LogP contribution in [0.2, 0.25) is 0 Å². The van der Waals surface area contributed by atoms with Gasteiger partial charge < -0.3 is 9.26 Å². The number of aryl methyl sites for hydroxylation is 2. The lowest BCUT2D eigenvalue weighted by atomic mass is 10.1. The van der Waals surface area contributed by atoms with E-state index in [4.69, 9.17) is 9.26 Å². The topological polar surface area (TPSA) is 67.5 Å². The fraction of sp³-hybridized carbons (Fsp3) is 0.409. The van der Waals surface area contributed by atoms with E-state index >= 15 is 0 Å². The summed E-state index contributed by atoms with van der Waals surface area (Å²) in [7, 11) is 0. The fourth-order valence-corrected chi connectivity index (χ4v) is 3.62. The molecule has 29 heavy (non-hydrogen) atoms. The van der Waals surface area contributed by atoms with Crippen LogP contribution < -0.4 is 4.74 Å². The largest absolute Gasteiger partial charge is 0.485 e. The van der Waals surface area contributed by atoms with Crippen molar-refractivity contribution >= 4 is 0 Å². The quantitative estimate of drug-likeness (QED) is 0.611. The molecule has 0 N–H and O–H groups in total. The second-order valence-electron chi connectivity index (χ2n) is 7.62. The second-order valence-corrected chi connectivity index (χ2v) is 7.62. The van der Waals surface area contributed by atoms with Crippen LogP contribution in [-0.2, 0) is 19.7 Å². The molecule has 3 heterocycles. The van der Waals surface area contributed by atoms with Gasteiger partial charge in [-0.25, -0.2) is 0 Å². The first-order chi connectivity index (χ1) is 14.1. The van der Waals surface area contributed by atoms with Gasteiger partial charge in [-0.05, 0) is 54.8 Å². The number of benzene rings is 1. The van der Waals surface area contributed by atoms with Crippen LogP contribution in [-0.4, -0.2) is 51.1 Å². The Morgan fingerprint density at radius 1 is 0.931 bits per heavy atom. The van der Waals surface area contributed by atoms with E-state index in [0.717, 1.165) is 38.5 Å². The Morgan fingerprint density at radius 2 is 1.59 bits per heavy atom. The number of hydrogen-bond donors (Lipinski definition) is 0. The summed E-state index contributed by atoms with van der Waals surface area (Å²) in [6.07, 6.45) is 3.70. The maximum atomic E-state index is 5.82. The van der Waals surface area contributed by atoms with E-state index in [1.807, 2.05) is 24.5 Å². The molecule has 152 valence electrons. The van der Waals surface area contributed by atoms with Crippen LogP contribution in [0.15, 0.2) is 47.2 Å². The summed E-state index contributed by atoms with van der Waals surface area (Å²) >= 11 is 0. The Morgan fingerprint density at radius 3 is 2.28 bits per heavy atom. The minimum atomic E-state index is 0.312. The zero-order valence-electron chi connectivity index (χ0n) is 17.0. The summed E-state index contributed by atoms with van der Waals surface area (Å²) in [6, 6.07) is 10.3. The normalized spacial score (nSPS) is 15.5. The van der Waals surface area contributed by atoms with E-state index in [-0.39, 0.29) is 0 Å². The maximum absolute atomic E-state index is 5.82. The van der Waals surface area contributed by atoms with Gasteiger partial charge in [0.1, 0.15) is 5.75 Å². The number of nitrogens with zero attached hydrogens (tertiary/aromatic N) is 5. The summed E-state index contributed by atoms with van der Waals surface area (Å²) in [5.74, 6) is 2.06. The van der Waals surface area contributed by atoms with Crippen LogP contribution >= 0.6 is 0 Å². The lowest BCUT2D eigenvalue weighted by Crippen LogP contribution is -2.45. The zero-order valence-corrected chi connectivity index (χ0v) is 17.0. The number of aromatic nitrogens is 3. The standard InChI is InChI=1S/C22H27N5O2/c1-17-11-18(2)13-20(12-17)28-16-21-24-22(29-25-21)15-27-9-7-26(8-10-27)14-19-3-5-23-6-4-19/h3-6,11-13H,7-10,14-16H2,1-2H3. The average molecular weight is 393 g/mol. The third-order valence-electron chi connectivity index (χ3n) is 5.05. The smallest absolute Gasteiger partial charge is 0.240 e. The Balaban J connectivity index is 1.23. The number of piperazine rings is 1. The first kappa shape index (κ1) is 19.5. The Kier molecular flexibility index (Phi) is 6.17. The highest BCUT2D eigenvalue weighted by Gasteiger charge is 2.19. The maximum Gasteiger partial charge on any atom is 0.240 e. The molecule has 4 rings (SSSR count). The highest BCUT2D eigenvalue weighted by Crippen LogP contribution is 2.17. The van der Waals surface area contributed by atoms with Crippen LogP contribution in [0.1, 0.15) is 28.4 Å². The van der Waals surface area contributed by atoms with Crippen LogP contribution in [0.3, 0.4) is 0 Å². The Bertz CT molecular complexity index is 900. The van der Waals surface area contributed by atoms with E-state index < -0.39 is 0 Å². The fourth-order valence-electron chi connectivity index (χ4n) is 3.62. The molecule has 1 aliphatic heterocycles. The molecule has 0 bridgehead atoms. The van der Waals surface area contributed by atoms with Crippen molar-refractivity contribution in [2.75, 3.05) is 26.2 Å². The number of hydrogen-bond acceptors (Lipinski definition) is 7. The summed E-state index contributed by atoms with van der Waals surface area (Å²) < 4.78 is 11.2. The Hall–Kier alpha value is -2.77. The van der Waals surface area contributed by atoms with E-state index in [0.29, 0.717) is 24.9 Å². The van der Waals surface area contributed by atoms with Gasteiger partial charge in [-0.15, -0.1) is 0 Å². The monoisotopic (exact) mass is 393 g/mol. The molecule has 0 spiro atoms. The molecule has 1 aromatic carbocycles. The predicted molar refractivity (Wildman–Crippen MR) is 109 cm³/mol. The second kappa shape index (κ2) is 9.15. The van der Waals surface area contributed by atoms with Crippen LogP contribution in [0.4, 0.5) is 0 Å². The first-order valence-corrected chi connectivity index (χ1v) is 10.0. The average Bonchev–Trinajstić information content (AvgIpc) is 3.15. The van der Waals surface area contributed by atoms with Crippen molar-refractivity contribution in [2.24, 2.45) is 0 Å². The van der Waals surface area contributed by atoms with Crippen LogP contribution in [0.25, 0.3) is 0 Å². The molecule has 7 nitrogen and oxygen atoms in total. The molecular formula is C22H27N5O2. The summed E-state index contributed by atoms with van der Waals surface area (Å²) in [5.41, 5.74) is 3.66. The minimum absolute atomic E-state index is 0.312. The van der Waals surface area contributed by atoms with Crippen LogP contribution in [0, 0.1) is 13.8 Å². The summed E-state index contributed by atoms with van der Waals surface area (Å²) in [5, 5.41) is 4.06. The van der Waals surface area contributed by atoms with Gasteiger partial charge in [0.25, 0.3) is 0 Å². The highest BCUT2D eigenvalue weighted by atomic mass is 16.5. The number of ether oxygens (including phenoxy) is 1. The van der Waals surface area contributed by atoms with Gasteiger partial charge in [0.15, 0.2) is 6.61 Å². The van der Waals surface area contributed by atoms with Crippen molar-refractivity contribution in [1.82, 2.24) is 24.9 Å². The van der Waals surface area contributed by atoms with Crippen molar-refractivity contribution in [1.29, 1.82) is 0 Å². The molecule has 0 atom stereocenters. The molecule has 7 heteroatoms. The highest BCUT2D eigenvalue weighted by molar-refractivity contribution is 5.33. The minimum Gasteiger partial charge on any atom is -0.485 e. The van der Waals surface area contributed by atoms with Gasteiger partial charge in [-0.3, -0.25) is 14.8 Å². The lowest BCUT2D eigenvalue weighted by Gasteiger charge is -2.33. The Labute approximate surface area is 171 Å². The SMILES string of the molecule is Cc1cc(C)cc(OCc2noc(CN3CCN(Cc4ccncc4)CC3)n2)c1. The van der Waals surface area contributed by atoms with Gasteiger partial charge >= 0.3 is 0 Å². The molecule has 3 aromatic rings. The molecule has 0 saturated carbocycles. The molecule has 2 aromatic heterocycles. The summed E-state index contributed by atoms with van der Waals surface area (Å²) in [4.78, 5) is 13.4. The van der Waals surface area contributed by atoms with Gasteiger partial charge in [-0.1, -0.05) is 11.2 Å². The molecule has 1 saturated heterocycles. The van der Waals surface area contributed by atoms with Gasteiger partial charge in [-0.2, -0.15) is 4.98 Å². The van der Waals surface area contributed by atoms with Gasteiger partial charge in [0.05, 0.1) is 6.54 Å². The zero-order chi connectivity index (χ0) is 20.1. The molecule has 1 aliphatic rings. The van der Waals surface area contributed by atoms with Crippen molar-refractivity contribution in [3.8, 4) is 5.75 Å². The van der Waals surface area contributed by atoms with E-state index in [1.165, 1.54) is 16.7 Å². The van der Waals surface area contributed by atoms with Crippen molar-refractivity contribution in [3.63, 3.8) is 0 Å². The summed E-state index contributed by atoms with van der Waals surface area (Å²) in [6.45, 7) is 10.1. The van der Waals surface area contributed by atoms with Crippen LogP contribution in [0.5, 0.6) is 5.75 Å².